The first-order chi connectivity index (χ1) is 8.54. The van der Waals surface area contributed by atoms with Crippen molar-refractivity contribution in [1.29, 1.82) is 0 Å². The Morgan fingerprint density at radius 2 is 1.94 bits per heavy atom. The molecule has 0 aromatic carbocycles. The van der Waals surface area contributed by atoms with Crippen LogP contribution in [0.15, 0.2) is 0 Å². The monoisotopic (exact) mass is 253 g/mol. The molecule has 0 radical (unpaired) electrons. The highest BCUT2D eigenvalue weighted by atomic mass is 16.2. The van der Waals surface area contributed by atoms with Gasteiger partial charge in [0.05, 0.1) is 12.5 Å². The van der Waals surface area contributed by atoms with E-state index in [0.717, 1.165) is 0 Å². The molecule has 3 amide bonds. The zero-order chi connectivity index (χ0) is 13.3. The summed E-state index contributed by atoms with van der Waals surface area (Å²) in [4.78, 5) is 38.1. The predicted octanol–water partition coefficient (Wildman–Crippen LogP) is -0.669. The van der Waals surface area contributed by atoms with Gasteiger partial charge in [-0.05, 0) is 32.9 Å². The molecule has 100 valence electrons. The lowest BCUT2D eigenvalue weighted by Gasteiger charge is -2.33. The number of primary amides is 1. The van der Waals surface area contributed by atoms with Crippen LogP contribution in [0.1, 0.15) is 26.2 Å². The van der Waals surface area contributed by atoms with Crippen LogP contribution in [0.25, 0.3) is 0 Å². The van der Waals surface area contributed by atoms with Crippen molar-refractivity contribution >= 4 is 17.7 Å². The van der Waals surface area contributed by atoms with Crippen LogP contribution in [0.4, 0.5) is 0 Å². The molecule has 2 aliphatic heterocycles. The molecule has 1 atom stereocenters. The zero-order valence-corrected chi connectivity index (χ0v) is 10.6. The molecule has 2 aliphatic rings. The lowest BCUT2D eigenvalue weighted by atomic mass is 9.95. The molecular formula is C12H19N3O3. The Kier molecular flexibility index (Phi) is 3.65. The average Bonchev–Trinajstić information content (AvgIpc) is 2.64. The number of likely N-dealkylation sites (tertiary alicyclic amines) is 2. The molecule has 2 rings (SSSR count). The smallest absolute Gasteiger partial charge is 0.247 e. The van der Waals surface area contributed by atoms with Gasteiger partial charge in [-0.15, -0.1) is 0 Å². The van der Waals surface area contributed by atoms with E-state index < -0.39 is 0 Å². The third-order valence-corrected chi connectivity index (χ3v) is 3.91. The minimum Gasteiger partial charge on any atom is -0.369 e. The Bertz CT molecular complexity index is 375. The summed E-state index contributed by atoms with van der Waals surface area (Å²) in [5, 5.41) is 0. The van der Waals surface area contributed by atoms with Crippen molar-refractivity contribution in [2.75, 3.05) is 19.6 Å². The summed E-state index contributed by atoms with van der Waals surface area (Å²) < 4.78 is 0. The number of carbonyl (C=O) groups is 3. The second kappa shape index (κ2) is 5.06. The van der Waals surface area contributed by atoms with Crippen LogP contribution in [0.2, 0.25) is 0 Å². The van der Waals surface area contributed by atoms with Crippen LogP contribution in [0.5, 0.6) is 0 Å². The van der Waals surface area contributed by atoms with Crippen LogP contribution in [0.3, 0.4) is 0 Å². The molecule has 2 N–H and O–H groups in total. The quantitative estimate of drug-likeness (QED) is 0.676. The number of amides is 3. The number of hydrogen-bond donors (Lipinski definition) is 1. The van der Waals surface area contributed by atoms with Crippen LogP contribution in [0, 0.1) is 5.92 Å². The molecule has 0 unspecified atom stereocenters. The fourth-order valence-electron chi connectivity index (χ4n) is 2.78. The van der Waals surface area contributed by atoms with Crippen molar-refractivity contribution < 1.29 is 14.4 Å². The summed E-state index contributed by atoms with van der Waals surface area (Å²) in [7, 11) is 0. The molecule has 0 bridgehead atoms. The van der Waals surface area contributed by atoms with Gasteiger partial charge in [-0.3, -0.25) is 24.2 Å². The number of piperidine rings is 1. The van der Waals surface area contributed by atoms with Crippen molar-refractivity contribution in [1.82, 2.24) is 9.80 Å². The van der Waals surface area contributed by atoms with Gasteiger partial charge >= 0.3 is 0 Å². The third kappa shape index (κ3) is 2.25. The molecular weight excluding hydrogens is 234 g/mol. The Morgan fingerprint density at radius 1 is 1.33 bits per heavy atom. The predicted molar refractivity (Wildman–Crippen MR) is 64.3 cm³/mol. The maximum atomic E-state index is 12.0. The van der Waals surface area contributed by atoms with E-state index in [0.29, 0.717) is 32.5 Å². The molecule has 0 spiro atoms. The summed E-state index contributed by atoms with van der Waals surface area (Å²) in [6.45, 7) is 3.56. The summed E-state index contributed by atoms with van der Waals surface area (Å²) in [6, 6.07) is -0.328. The van der Waals surface area contributed by atoms with E-state index in [4.69, 9.17) is 5.73 Å². The zero-order valence-electron chi connectivity index (χ0n) is 10.6. The van der Waals surface area contributed by atoms with Gasteiger partial charge in [-0.25, -0.2) is 0 Å². The van der Waals surface area contributed by atoms with Gasteiger partial charge in [-0.2, -0.15) is 0 Å². The van der Waals surface area contributed by atoms with Crippen molar-refractivity contribution in [3.05, 3.63) is 0 Å². The van der Waals surface area contributed by atoms with Crippen LogP contribution >= 0.6 is 0 Å². The van der Waals surface area contributed by atoms with Crippen molar-refractivity contribution in [2.24, 2.45) is 11.7 Å². The Hall–Kier alpha value is -1.43. The summed E-state index contributed by atoms with van der Waals surface area (Å²) >= 11 is 0. The molecule has 2 fully saturated rings. The molecule has 6 heteroatoms. The van der Waals surface area contributed by atoms with Crippen molar-refractivity contribution in [2.45, 2.75) is 32.2 Å². The number of likely N-dealkylation sites (N-methyl/N-ethyl adjacent to an activating group) is 1. The summed E-state index contributed by atoms with van der Waals surface area (Å²) in [5.41, 5.74) is 5.27. The Labute approximate surface area is 106 Å². The fraction of sp³-hybridized carbons (Fsp3) is 0.750. The van der Waals surface area contributed by atoms with Gasteiger partial charge in [-0.1, -0.05) is 0 Å². The summed E-state index contributed by atoms with van der Waals surface area (Å²) in [6.07, 6.45) is 1.63. The topological polar surface area (TPSA) is 83.7 Å². The number of carbonyl (C=O) groups excluding carboxylic acids is 3. The first kappa shape index (κ1) is 13.0. The van der Waals surface area contributed by atoms with E-state index in [-0.39, 0.29) is 36.1 Å². The molecule has 2 saturated heterocycles. The second-order valence-corrected chi connectivity index (χ2v) is 4.91. The van der Waals surface area contributed by atoms with Gasteiger partial charge < -0.3 is 5.73 Å². The van der Waals surface area contributed by atoms with Crippen LogP contribution < -0.4 is 5.73 Å². The fourth-order valence-corrected chi connectivity index (χ4v) is 2.78. The molecule has 0 saturated carbocycles. The highest BCUT2D eigenvalue weighted by molar-refractivity contribution is 6.05. The molecule has 2 heterocycles. The number of imide groups is 1. The van der Waals surface area contributed by atoms with Crippen molar-refractivity contribution in [3.63, 3.8) is 0 Å². The Balaban J connectivity index is 1.97. The van der Waals surface area contributed by atoms with E-state index in [9.17, 15) is 14.4 Å². The second-order valence-electron chi connectivity index (χ2n) is 4.91. The van der Waals surface area contributed by atoms with Gasteiger partial charge in [0.15, 0.2) is 0 Å². The van der Waals surface area contributed by atoms with Crippen molar-refractivity contribution in [3.8, 4) is 0 Å². The van der Waals surface area contributed by atoms with E-state index in [1.807, 2.05) is 4.90 Å². The SMILES string of the molecule is CCN1C(=O)C[C@H](N2CCC(C(N)=O)CC2)C1=O. The first-order valence-electron chi connectivity index (χ1n) is 6.42. The largest absolute Gasteiger partial charge is 0.369 e. The molecule has 0 aromatic rings. The average molecular weight is 253 g/mol. The maximum Gasteiger partial charge on any atom is 0.247 e. The van der Waals surface area contributed by atoms with E-state index in [1.54, 1.807) is 6.92 Å². The highest BCUT2D eigenvalue weighted by Crippen LogP contribution is 2.24. The molecule has 6 nitrogen and oxygen atoms in total. The third-order valence-electron chi connectivity index (χ3n) is 3.91. The van der Waals surface area contributed by atoms with Gasteiger partial charge in [0.1, 0.15) is 0 Å². The number of rotatable bonds is 3. The lowest BCUT2D eigenvalue weighted by Crippen LogP contribution is -2.47. The Morgan fingerprint density at radius 3 is 2.39 bits per heavy atom. The van der Waals surface area contributed by atoms with Gasteiger partial charge in [0.2, 0.25) is 17.7 Å². The minimum atomic E-state index is -0.328. The lowest BCUT2D eigenvalue weighted by molar-refractivity contribution is -0.139. The molecule has 0 aliphatic carbocycles. The standard InChI is InChI=1S/C12H19N3O3/c1-2-15-10(16)7-9(12(15)18)14-5-3-8(4-6-14)11(13)17/h8-9H,2-7H2,1H3,(H2,13,17)/t9-/m0/s1. The number of nitrogens with zero attached hydrogens (tertiary/aromatic N) is 2. The van der Waals surface area contributed by atoms with E-state index in [2.05, 4.69) is 0 Å². The normalized spacial score (nSPS) is 26.9. The summed E-state index contributed by atoms with van der Waals surface area (Å²) in [5.74, 6) is -0.543. The number of nitrogens with two attached hydrogens (primary N) is 1. The van der Waals surface area contributed by atoms with Gasteiger partial charge in [0.25, 0.3) is 0 Å². The van der Waals surface area contributed by atoms with E-state index in [1.165, 1.54) is 4.90 Å². The van der Waals surface area contributed by atoms with Gasteiger partial charge in [0, 0.05) is 12.5 Å². The first-order valence-corrected chi connectivity index (χ1v) is 6.42. The van der Waals surface area contributed by atoms with Crippen LogP contribution in [-0.2, 0) is 14.4 Å². The molecule has 0 aromatic heterocycles. The molecule has 18 heavy (non-hydrogen) atoms. The van der Waals surface area contributed by atoms with Crippen LogP contribution in [-0.4, -0.2) is 53.2 Å². The highest BCUT2D eigenvalue weighted by Gasteiger charge is 2.42. The van der Waals surface area contributed by atoms with E-state index >= 15 is 0 Å². The minimum absolute atomic E-state index is 0.0873. The maximum absolute atomic E-state index is 12.0. The number of hydrogen-bond acceptors (Lipinski definition) is 4.